The van der Waals surface area contributed by atoms with Crippen molar-refractivity contribution in [3.8, 4) is 5.75 Å². The molecule has 0 saturated heterocycles. The van der Waals surface area contributed by atoms with Crippen LogP contribution in [0.2, 0.25) is 0 Å². The first-order chi connectivity index (χ1) is 12.5. The summed E-state index contributed by atoms with van der Waals surface area (Å²) in [4.78, 5) is 20.5. The average molecular weight is 375 g/mol. The van der Waals surface area contributed by atoms with E-state index in [9.17, 15) is 4.79 Å². The molecule has 0 N–H and O–H groups in total. The van der Waals surface area contributed by atoms with Crippen molar-refractivity contribution in [2.45, 2.75) is 43.7 Å². The molecule has 0 radical (unpaired) electrons. The monoisotopic (exact) mass is 374 g/mol. The molecule has 1 heterocycles. The van der Waals surface area contributed by atoms with Gasteiger partial charge in [0, 0.05) is 19.6 Å². The molecule has 140 valence electrons. The van der Waals surface area contributed by atoms with Gasteiger partial charge in [-0.2, -0.15) is 0 Å². The van der Waals surface area contributed by atoms with E-state index in [0.717, 1.165) is 48.6 Å². The van der Waals surface area contributed by atoms with E-state index < -0.39 is 5.54 Å². The van der Waals surface area contributed by atoms with E-state index in [1.807, 2.05) is 25.4 Å². The van der Waals surface area contributed by atoms with Crippen LogP contribution in [0.4, 0.5) is 0 Å². The summed E-state index contributed by atoms with van der Waals surface area (Å²) in [6, 6.07) is 6.15. The molecular weight excluding hydrogens is 348 g/mol. The van der Waals surface area contributed by atoms with Crippen LogP contribution in [0.1, 0.15) is 36.8 Å². The summed E-state index contributed by atoms with van der Waals surface area (Å²) in [5, 5.41) is 0.805. The van der Waals surface area contributed by atoms with Gasteiger partial charge in [0.25, 0.3) is 5.91 Å². The Morgan fingerprint density at radius 3 is 2.58 bits per heavy atom. The summed E-state index contributed by atoms with van der Waals surface area (Å²) < 4.78 is 11.1. The van der Waals surface area contributed by atoms with Gasteiger partial charge in [0.1, 0.15) is 5.75 Å². The van der Waals surface area contributed by atoms with Crippen molar-refractivity contribution in [2.24, 2.45) is 10.4 Å². The second kappa shape index (κ2) is 6.27. The van der Waals surface area contributed by atoms with Crippen LogP contribution in [0.3, 0.4) is 0 Å². The highest BCUT2D eigenvalue weighted by Gasteiger charge is 2.66. The van der Waals surface area contributed by atoms with E-state index in [2.05, 4.69) is 6.07 Å². The number of amides is 1. The van der Waals surface area contributed by atoms with Crippen molar-refractivity contribution in [3.63, 3.8) is 0 Å². The van der Waals surface area contributed by atoms with E-state index >= 15 is 0 Å². The van der Waals surface area contributed by atoms with Gasteiger partial charge in [-0.3, -0.25) is 9.69 Å². The fourth-order valence-corrected chi connectivity index (χ4v) is 5.75. The Morgan fingerprint density at radius 2 is 2.00 bits per heavy atom. The molecule has 26 heavy (non-hydrogen) atoms. The fourth-order valence-electron chi connectivity index (χ4n) is 5.17. The van der Waals surface area contributed by atoms with E-state index in [-0.39, 0.29) is 17.4 Å². The van der Waals surface area contributed by atoms with E-state index in [4.69, 9.17) is 14.5 Å². The lowest BCUT2D eigenvalue weighted by atomic mass is 9.61. The summed E-state index contributed by atoms with van der Waals surface area (Å²) in [7, 11) is 5.30. The number of ether oxygens (including phenoxy) is 2. The van der Waals surface area contributed by atoms with Gasteiger partial charge >= 0.3 is 0 Å². The van der Waals surface area contributed by atoms with Crippen LogP contribution < -0.4 is 4.74 Å². The van der Waals surface area contributed by atoms with Gasteiger partial charge in [-0.15, -0.1) is 0 Å². The minimum absolute atomic E-state index is 0.102. The largest absolute Gasteiger partial charge is 0.497 e. The van der Waals surface area contributed by atoms with Gasteiger partial charge in [0.15, 0.2) is 10.7 Å². The number of hydrogen-bond acceptors (Lipinski definition) is 5. The number of fused-ring (bicyclic) bond motifs is 3. The molecule has 1 aromatic rings. The molecule has 2 spiro atoms. The van der Waals surface area contributed by atoms with Crippen LogP contribution in [-0.2, 0) is 21.5 Å². The number of amidine groups is 1. The predicted molar refractivity (Wildman–Crippen MR) is 104 cm³/mol. The first kappa shape index (κ1) is 17.9. The number of aliphatic imine (C=N–C) groups is 1. The molecule has 1 saturated carbocycles. The van der Waals surface area contributed by atoms with Crippen molar-refractivity contribution < 1.29 is 14.3 Å². The number of thioether (sulfide) groups is 1. The first-order valence-corrected chi connectivity index (χ1v) is 10.4. The van der Waals surface area contributed by atoms with E-state index in [1.165, 1.54) is 5.56 Å². The number of likely N-dealkylation sites (N-methyl/N-ethyl adjacent to an activating group) is 1. The molecule has 1 aromatic carbocycles. The highest BCUT2D eigenvalue weighted by Crippen LogP contribution is 2.62. The van der Waals surface area contributed by atoms with Crippen LogP contribution in [0.15, 0.2) is 23.2 Å². The zero-order valence-corrected chi connectivity index (χ0v) is 16.7. The van der Waals surface area contributed by atoms with Crippen molar-refractivity contribution in [1.82, 2.24) is 4.90 Å². The van der Waals surface area contributed by atoms with Gasteiger partial charge in [-0.25, -0.2) is 4.99 Å². The molecule has 1 aliphatic heterocycles. The molecule has 1 unspecified atom stereocenters. The maximum atomic E-state index is 13.6. The normalized spacial score (nSPS) is 33.1. The summed E-state index contributed by atoms with van der Waals surface area (Å²) >= 11 is 1.54. The number of carbonyl (C=O) groups is 1. The maximum absolute atomic E-state index is 13.6. The van der Waals surface area contributed by atoms with Crippen molar-refractivity contribution in [1.29, 1.82) is 0 Å². The average Bonchev–Trinajstić information content (AvgIpc) is 3.09. The summed E-state index contributed by atoms with van der Waals surface area (Å²) in [6.45, 7) is 0. The van der Waals surface area contributed by atoms with Gasteiger partial charge in [0.05, 0.1) is 13.2 Å². The molecule has 6 heteroatoms. The number of methoxy groups -OCH3 is 2. The highest BCUT2D eigenvalue weighted by atomic mass is 32.2. The summed E-state index contributed by atoms with van der Waals surface area (Å²) in [5.41, 5.74) is 1.28. The Bertz CT molecular complexity index is 770. The number of hydrogen-bond donors (Lipinski definition) is 0. The van der Waals surface area contributed by atoms with Crippen LogP contribution in [0, 0.1) is 5.41 Å². The zero-order chi connectivity index (χ0) is 18.5. The van der Waals surface area contributed by atoms with Gasteiger partial charge in [-0.05, 0) is 61.6 Å². The minimum atomic E-state index is -0.817. The molecule has 0 bridgehead atoms. The SMILES string of the molecule is COc1ccc2c(c1)C1(N=C(SC)N(C)C1=O)C1(CCC(OC)CC1)C2. The molecule has 1 fully saturated rings. The summed E-state index contributed by atoms with van der Waals surface area (Å²) in [6.07, 6.45) is 7.02. The number of rotatable bonds is 2. The minimum Gasteiger partial charge on any atom is -0.497 e. The Morgan fingerprint density at radius 1 is 1.27 bits per heavy atom. The summed E-state index contributed by atoms with van der Waals surface area (Å²) in [5.74, 6) is 0.888. The molecule has 1 amide bonds. The Labute approximate surface area is 159 Å². The maximum Gasteiger partial charge on any atom is 0.261 e. The smallest absolute Gasteiger partial charge is 0.261 e. The van der Waals surface area contributed by atoms with Gasteiger partial charge < -0.3 is 9.47 Å². The lowest BCUT2D eigenvalue weighted by molar-refractivity contribution is -0.137. The number of benzene rings is 1. The zero-order valence-electron chi connectivity index (χ0n) is 15.9. The van der Waals surface area contributed by atoms with Crippen LogP contribution in [-0.4, -0.2) is 49.6 Å². The fraction of sp³-hybridized carbons (Fsp3) is 0.600. The van der Waals surface area contributed by atoms with E-state index in [0.29, 0.717) is 0 Å². The first-order valence-electron chi connectivity index (χ1n) is 9.13. The Balaban J connectivity index is 1.89. The second-order valence-corrected chi connectivity index (χ2v) is 8.36. The number of carbonyl (C=O) groups excluding carboxylic acids is 1. The van der Waals surface area contributed by atoms with Gasteiger partial charge in [-0.1, -0.05) is 17.8 Å². The van der Waals surface area contributed by atoms with Crippen molar-refractivity contribution >= 4 is 22.8 Å². The van der Waals surface area contributed by atoms with Crippen LogP contribution >= 0.6 is 11.8 Å². The molecular formula is C20H26N2O3S. The molecule has 4 rings (SSSR count). The predicted octanol–water partition coefficient (Wildman–Crippen LogP) is 3.21. The highest BCUT2D eigenvalue weighted by molar-refractivity contribution is 8.13. The third-order valence-corrected chi connectivity index (χ3v) is 7.30. The second-order valence-electron chi connectivity index (χ2n) is 7.59. The molecule has 1 atom stereocenters. The standard InChI is InChI=1S/C20H26N2O3S/c1-22-17(23)20(21-18(22)26-4)16-11-15(25-3)6-5-13(16)12-19(20)9-7-14(24-2)8-10-19/h5-6,11,14H,7-10,12H2,1-4H3. The number of nitrogens with zero attached hydrogens (tertiary/aromatic N) is 2. The van der Waals surface area contributed by atoms with Crippen LogP contribution in [0.25, 0.3) is 0 Å². The molecule has 3 aliphatic rings. The van der Waals surface area contributed by atoms with Gasteiger partial charge in [0.2, 0.25) is 0 Å². The quantitative estimate of drug-likeness (QED) is 0.798. The lowest BCUT2D eigenvalue weighted by Crippen LogP contribution is -2.51. The topological polar surface area (TPSA) is 51.1 Å². The molecule has 0 aromatic heterocycles. The third kappa shape index (κ3) is 2.21. The third-order valence-electron chi connectivity index (χ3n) is 6.57. The Hall–Kier alpha value is -1.53. The van der Waals surface area contributed by atoms with Crippen molar-refractivity contribution in [3.05, 3.63) is 29.3 Å². The van der Waals surface area contributed by atoms with E-state index in [1.54, 1.807) is 30.9 Å². The molecule has 2 aliphatic carbocycles. The molecule has 5 nitrogen and oxygen atoms in total. The van der Waals surface area contributed by atoms with Crippen molar-refractivity contribution in [2.75, 3.05) is 27.5 Å². The Kier molecular flexibility index (Phi) is 4.31. The lowest BCUT2D eigenvalue weighted by Gasteiger charge is -2.45. The van der Waals surface area contributed by atoms with Crippen LogP contribution in [0.5, 0.6) is 5.75 Å².